The SMILES string of the molecule is Cc1nc(CC(=O)N(c2cc3c(cc2Cl)OCO3)C2CCCCC2)cs1. The van der Waals surface area contributed by atoms with Crippen molar-refractivity contribution in [3.05, 3.63) is 33.2 Å². The fourth-order valence-corrected chi connectivity index (χ4v) is 4.55. The molecule has 0 bridgehead atoms. The Kier molecular flexibility index (Phi) is 5.05. The van der Waals surface area contributed by atoms with Crippen molar-refractivity contribution in [1.82, 2.24) is 4.98 Å². The molecular weight excluding hydrogens is 372 g/mol. The quantitative estimate of drug-likeness (QED) is 0.753. The molecule has 1 saturated carbocycles. The zero-order valence-corrected chi connectivity index (χ0v) is 16.2. The summed E-state index contributed by atoms with van der Waals surface area (Å²) in [6, 6.07) is 3.74. The number of hydrogen-bond acceptors (Lipinski definition) is 5. The van der Waals surface area contributed by atoms with Crippen LogP contribution < -0.4 is 14.4 Å². The molecule has 0 spiro atoms. The van der Waals surface area contributed by atoms with Gasteiger partial charge in [0.2, 0.25) is 12.7 Å². The summed E-state index contributed by atoms with van der Waals surface area (Å²) in [5.41, 5.74) is 1.52. The van der Waals surface area contributed by atoms with Crippen LogP contribution in [-0.4, -0.2) is 23.7 Å². The molecule has 26 heavy (non-hydrogen) atoms. The fourth-order valence-electron chi connectivity index (χ4n) is 3.69. The lowest BCUT2D eigenvalue weighted by atomic mass is 9.93. The molecule has 2 aliphatic rings. The van der Waals surface area contributed by atoms with Crippen LogP contribution >= 0.6 is 22.9 Å². The van der Waals surface area contributed by atoms with Crippen molar-refractivity contribution in [2.45, 2.75) is 51.5 Å². The Labute approximate surface area is 161 Å². The van der Waals surface area contributed by atoms with Gasteiger partial charge < -0.3 is 14.4 Å². The molecule has 1 amide bonds. The number of anilines is 1. The number of thiazole rings is 1. The van der Waals surface area contributed by atoms with E-state index in [0.717, 1.165) is 36.4 Å². The molecule has 1 aliphatic carbocycles. The first-order valence-electron chi connectivity index (χ1n) is 8.94. The van der Waals surface area contributed by atoms with E-state index in [2.05, 4.69) is 4.98 Å². The molecule has 4 rings (SSSR count). The van der Waals surface area contributed by atoms with Crippen molar-refractivity contribution >= 4 is 34.5 Å². The molecule has 5 nitrogen and oxygen atoms in total. The lowest BCUT2D eigenvalue weighted by Crippen LogP contribution is -2.42. The van der Waals surface area contributed by atoms with Crippen LogP contribution in [0.2, 0.25) is 5.02 Å². The number of fused-ring (bicyclic) bond motifs is 1. The highest BCUT2D eigenvalue weighted by Gasteiger charge is 2.30. The van der Waals surface area contributed by atoms with Gasteiger partial charge in [0.15, 0.2) is 11.5 Å². The van der Waals surface area contributed by atoms with Crippen molar-refractivity contribution in [3.8, 4) is 11.5 Å². The molecule has 0 saturated heterocycles. The van der Waals surface area contributed by atoms with Crippen LogP contribution in [0.3, 0.4) is 0 Å². The Morgan fingerprint density at radius 2 is 2.00 bits per heavy atom. The highest BCUT2D eigenvalue weighted by Crippen LogP contribution is 2.42. The third-order valence-corrected chi connectivity index (χ3v) is 6.03. The van der Waals surface area contributed by atoms with Gasteiger partial charge in [-0.1, -0.05) is 30.9 Å². The Morgan fingerprint density at radius 3 is 2.69 bits per heavy atom. The van der Waals surface area contributed by atoms with E-state index in [9.17, 15) is 4.79 Å². The van der Waals surface area contributed by atoms with Crippen molar-refractivity contribution in [1.29, 1.82) is 0 Å². The minimum absolute atomic E-state index is 0.0305. The van der Waals surface area contributed by atoms with Gasteiger partial charge in [0, 0.05) is 23.6 Å². The van der Waals surface area contributed by atoms with E-state index in [-0.39, 0.29) is 25.2 Å². The second-order valence-electron chi connectivity index (χ2n) is 6.75. The predicted molar refractivity (Wildman–Crippen MR) is 102 cm³/mol. The van der Waals surface area contributed by atoms with Gasteiger partial charge in [-0.3, -0.25) is 4.79 Å². The summed E-state index contributed by atoms with van der Waals surface area (Å²) < 4.78 is 10.9. The normalized spacial score (nSPS) is 16.7. The summed E-state index contributed by atoms with van der Waals surface area (Å²) >= 11 is 8.09. The fraction of sp³-hybridized carbons (Fsp3) is 0.474. The topological polar surface area (TPSA) is 51.7 Å². The summed E-state index contributed by atoms with van der Waals surface area (Å²) in [6.45, 7) is 2.14. The van der Waals surface area contributed by atoms with Crippen LogP contribution in [0.5, 0.6) is 11.5 Å². The molecule has 1 fully saturated rings. The molecule has 2 heterocycles. The van der Waals surface area contributed by atoms with E-state index in [1.54, 1.807) is 17.4 Å². The number of amides is 1. The van der Waals surface area contributed by atoms with E-state index in [1.807, 2.05) is 23.3 Å². The van der Waals surface area contributed by atoms with E-state index in [4.69, 9.17) is 21.1 Å². The number of halogens is 1. The number of hydrogen-bond donors (Lipinski definition) is 0. The van der Waals surface area contributed by atoms with Crippen LogP contribution in [0.15, 0.2) is 17.5 Å². The Morgan fingerprint density at radius 1 is 1.27 bits per heavy atom. The number of rotatable bonds is 4. The number of carbonyl (C=O) groups is 1. The van der Waals surface area contributed by atoms with Crippen LogP contribution in [0.4, 0.5) is 5.69 Å². The molecule has 0 unspecified atom stereocenters. The van der Waals surface area contributed by atoms with E-state index >= 15 is 0 Å². The number of aryl methyl sites for hydroxylation is 1. The van der Waals surface area contributed by atoms with Gasteiger partial charge in [0.05, 0.1) is 27.8 Å². The second-order valence-corrected chi connectivity index (χ2v) is 8.22. The number of aromatic nitrogens is 1. The smallest absolute Gasteiger partial charge is 0.233 e. The van der Waals surface area contributed by atoms with Gasteiger partial charge in [-0.05, 0) is 19.8 Å². The van der Waals surface area contributed by atoms with Crippen molar-refractivity contribution < 1.29 is 14.3 Å². The highest BCUT2D eigenvalue weighted by molar-refractivity contribution is 7.09. The molecule has 1 aromatic carbocycles. The van der Waals surface area contributed by atoms with Crippen LogP contribution in [0.1, 0.15) is 42.8 Å². The minimum Gasteiger partial charge on any atom is -0.454 e. The molecule has 2 aromatic rings. The largest absolute Gasteiger partial charge is 0.454 e. The molecule has 7 heteroatoms. The molecule has 0 N–H and O–H groups in total. The summed E-state index contributed by atoms with van der Waals surface area (Å²) in [7, 11) is 0. The standard InChI is InChI=1S/C19H21ClN2O3S/c1-12-21-13(10-26-12)7-19(23)22(14-5-3-2-4-6-14)16-9-18-17(8-15(16)20)24-11-25-18/h8-10,14H,2-7,11H2,1H3. The lowest BCUT2D eigenvalue weighted by molar-refractivity contribution is -0.118. The average Bonchev–Trinajstić information content (AvgIpc) is 3.24. The highest BCUT2D eigenvalue weighted by atomic mass is 35.5. The van der Waals surface area contributed by atoms with Crippen LogP contribution in [-0.2, 0) is 11.2 Å². The van der Waals surface area contributed by atoms with Crippen molar-refractivity contribution in [2.75, 3.05) is 11.7 Å². The van der Waals surface area contributed by atoms with Crippen LogP contribution in [0.25, 0.3) is 0 Å². The van der Waals surface area contributed by atoms with E-state index < -0.39 is 0 Å². The number of benzene rings is 1. The van der Waals surface area contributed by atoms with Gasteiger partial charge in [-0.2, -0.15) is 0 Å². The summed E-state index contributed by atoms with van der Waals surface area (Å²) in [6.07, 6.45) is 5.75. The number of carbonyl (C=O) groups excluding carboxylic acids is 1. The van der Waals surface area contributed by atoms with Gasteiger partial charge in [0.25, 0.3) is 0 Å². The summed E-state index contributed by atoms with van der Waals surface area (Å²) in [5, 5.41) is 3.44. The minimum atomic E-state index is 0.0305. The zero-order chi connectivity index (χ0) is 18.1. The maximum Gasteiger partial charge on any atom is 0.233 e. The van der Waals surface area contributed by atoms with Crippen LogP contribution in [0, 0.1) is 6.92 Å². The van der Waals surface area contributed by atoms with Gasteiger partial charge in [-0.25, -0.2) is 4.98 Å². The Hall–Kier alpha value is -1.79. The molecule has 0 atom stereocenters. The second kappa shape index (κ2) is 7.45. The maximum absolute atomic E-state index is 13.2. The molecule has 1 aromatic heterocycles. The summed E-state index contributed by atoms with van der Waals surface area (Å²) in [5.74, 6) is 1.30. The third-order valence-electron chi connectivity index (χ3n) is 4.91. The lowest BCUT2D eigenvalue weighted by Gasteiger charge is -2.35. The third kappa shape index (κ3) is 3.53. The molecule has 0 radical (unpaired) electrons. The van der Waals surface area contributed by atoms with E-state index in [0.29, 0.717) is 22.2 Å². The Bertz CT molecular complexity index is 817. The molecule has 1 aliphatic heterocycles. The first-order chi connectivity index (χ1) is 12.6. The van der Waals surface area contributed by atoms with Crippen molar-refractivity contribution in [2.24, 2.45) is 0 Å². The molecule has 138 valence electrons. The van der Waals surface area contributed by atoms with Gasteiger partial charge in [-0.15, -0.1) is 11.3 Å². The summed E-state index contributed by atoms with van der Waals surface area (Å²) in [4.78, 5) is 19.6. The first-order valence-corrected chi connectivity index (χ1v) is 10.2. The Balaban J connectivity index is 1.67. The number of nitrogens with zero attached hydrogens (tertiary/aromatic N) is 2. The predicted octanol–water partition coefficient (Wildman–Crippen LogP) is 4.74. The monoisotopic (exact) mass is 392 g/mol. The molecular formula is C19H21ClN2O3S. The average molecular weight is 393 g/mol. The first kappa shape index (κ1) is 17.6. The van der Waals surface area contributed by atoms with Crippen molar-refractivity contribution in [3.63, 3.8) is 0 Å². The van der Waals surface area contributed by atoms with E-state index in [1.165, 1.54) is 6.42 Å². The zero-order valence-electron chi connectivity index (χ0n) is 14.7. The van der Waals surface area contributed by atoms with Gasteiger partial charge >= 0.3 is 0 Å². The maximum atomic E-state index is 13.2. The van der Waals surface area contributed by atoms with Gasteiger partial charge in [0.1, 0.15) is 0 Å². The number of ether oxygens (including phenoxy) is 2.